The Kier molecular flexibility index (Phi) is 3.66. The zero-order chi connectivity index (χ0) is 13.8. The van der Waals surface area contributed by atoms with Gasteiger partial charge in [-0.25, -0.2) is 4.39 Å². The standard InChI is InChI=1S/C14H12FNO3/c1-19-13-7-9(5-6-12(13)15)14(18)16-10-3-2-4-11(17)8-10/h2-8,17H,1H3,(H,16,18). The molecule has 0 aliphatic rings. The molecule has 0 fully saturated rings. The summed E-state index contributed by atoms with van der Waals surface area (Å²) in [6, 6.07) is 9.99. The number of nitrogens with one attached hydrogen (secondary N) is 1. The molecule has 2 aromatic rings. The smallest absolute Gasteiger partial charge is 0.255 e. The molecule has 2 aromatic carbocycles. The van der Waals surface area contributed by atoms with Crippen molar-refractivity contribution in [1.29, 1.82) is 0 Å². The molecule has 5 heteroatoms. The molecule has 4 nitrogen and oxygen atoms in total. The van der Waals surface area contributed by atoms with Gasteiger partial charge in [0.15, 0.2) is 11.6 Å². The van der Waals surface area contributed by atoms with Gasteiger partial charge in [-0.15, -0.1) is 0 Å². The van der Waals surface area contributed by atoms with Gasteiger partial charge in [0.05, 0.1) is 7.11 Å². The van der Waals surface area contributed by atoms with Gasteiger partial charge in [0.1, 0.15) is 5.75 Å². The van der Waals surface area contributed by atoms with Crippen molar-refractivity contribution in [3.05, 3.63) is 53.8 Å². The first kappa shape index (κ1) is 12.9. The fourth-order valence-electron chi connectivity index (χ4n) is 1.59. The van der Waals surface area contributed by atoms with Gasteiger partial charge in [-0.05, 0) is 30.3 Å². The Hall–Kier alpha value is -2.56. The Morgan fingerprint density at radius 3 is 2.74 bits per heavy atom. The van der Waals surface area contributed by atoms with Crippen LogP contribution in [-0.4, -0.2) is 18.1 Å². The molecule has 0 atom stereocenters. The van der Waals surface area contributed by atoms with E-state index in [4.69, 9.17) is 4.74 Å². The van der Waals surface area contributed by atoms with Gasteiger partial charge in [-0.3, -0.25) is 4.79 Å². The fraction of sp³-hybridized carbons (Fsp3) is 0.0714. The summed E-state index contributed by atoms with van der Waals surface area (Å²) in [5, 5.41) is 11.9. The maximum Gasteiger partial charge on any atom is 0.255 e. The minimum atomic E-state index is -0.531. The lowest BCUT2D eigenvalue weighted by Crippen LogP contribution is -2.12. The van der Waals surface area contributed by atoms with Crippen LogP contribution in [0.5, 0.6) is 11.5 Å². The van der Waals surface area contributed by atoms with Crippen molar-refractivity contribution in [1.82, 2.24) is 0 Å². The van der Waals surface area contributed by atoms with Crippen LogP contribution >= 0.6 is 0 Å². The minimum Gasteiger partial charge on any atom is -0.508 e. The van der Waals surface area contributed by atoms with Crippen LogP contribution in [-0.2, 0) is 0 Å². The predicted octanol–water partition coefficient (Wildman–Crippen LogP) is 2.79. The lowest BCUT2D eigenvalue weighted by Gasteiger charge is -2.07. The van der Waals surface area contributed by atoms with E-state index in [-0.39, 0.29) is 17.1 Å². The quantitative estimate of drug-likeness (QED) is 0.893. The molecule has 2 rings (SSSR count). The Morgan fingerprint density at radius 2 is 2.05 bits per heavy atom. The molecule has 98 valence electrons. The largest absolute Gasteiger partial charge is 0.508 e. The highest BCUT2D eigenvalue weighted by Crippen LogP contribution is 2.20. The molecule has 2 N–H and O–H groups in total. The lowest BCUT2D eigenvalue weighted by molar-refractivity contribution is 0.102. The summed E-state index contributed by atoms with van der Waals surface area (Å²) in [5.41, 5.74) is 0.717. The SMILES string of the molecule is COc1cc(C(=O)Nc2cccc(O)c2)ccc1F. The number of ether oxygens (including phenoxy) is 1. The number of phenolic OH excluding ortho intramolecular Hbond substituents is 1. The second-order valence-electron chi connectivity index (χ2n) is 3.85. The first-order valence-electron chi connectivity index (χ1n) is 5.54. The third-order valence-electron chi connectivity index (χ3n) is 2.52. The van der Waals surface area contributed by atoms with E-state index in [1.165, 1.54) is 31.4 Å². The van der Waals surface area contributed by atoms with E-state index in [2.05, 4.69) is 5.32 Å². The molecule has 0 aliphatic heterocycles. The molecule has 1 amide bonds. The molecule has 0 aliphatic carbocycles. The van der Waals surface area contributed by atoms with E-state index < -0.39 is 11.7 Å². The molecular formula is C14H12FNO3. The van der Waals surface area contributed by atoms with Gasteiger partial charge in [0.2, 0.25) is 0 Å². The number of halogens is 1. The summed E-state index contributed by atoms with van der Waals surface area (Å²) >= 11 is 0. The summed E-state index contributed by atoms with van der Waals surface area (Å²) in [7, 11) is 1.33. The lowest BCUT2D eigenvalue weighted by atomic mass is 10.2. The van der Waals surface area contributed by atoms with Crippen LogP contribution in [0.3, 0.4) is 0 Å². The molecule has 0 unspecified atom stereocenters. The average molecular weight is 261 g/mol. The van der Waals surface area contributed by atoms with Crippen molar-refractivity contribution < 1.29 is 19.0 Å². The third-order valence-corrected chi connectivity index (χ3v) is 2.52. The number of anilines is 1. The molecule has 0 radical (unpaired) electrons. The van der Waals surface area contributed by atoms with Gasteiger partial charge < -0.3 is 15.2 Å². The zero-order valence-electron chi connectivity index (χ0n) is 10.2. The second-order valence-corrected chi connectivity index (χ2v) is 3.85. The first-order valence-corrected chi connectivity index (χ1v) is 5.54. The predicted molar refractivity (Wildman–Crippen MR) is 69.0 cm³/mol. The van der Waals surface area contributed by atoms with E-state index in [1.54, 1.807) is 12.1 Å². The van der Waals surface area contributed by atoms with Crippen molar-refractivity contribution in [2.45, 2.75) is 0 Å². The third kappa shape index (κ3) is 3.01. The summed E-state index contributed by atoms with van der Waals surface area (Å²) in [6.07, 6.45) is 0. The Morgan fingerprint density at radius 1 is 1.26 bits per heavy atom. The second kappa shape index (κ2) is 5.39. The number of rotatable bonds is 3. The van der Waals surface area contributed by atoms with Crippen LogP contribution < -0.4 is 10.1 Å². The zero-order valence-corrected chi connectivity index (χ0v) is 10.2. The number of benzene rings is 2. The number of methoxy groups -OCH3 is 1. The molecule has 19 heavy (non-hydrogen) atoms. The van der Waals surface area contributed by atoms with E-state index in [1.807, 2.05) is 0 Å². The van der Waals surface area contributed by atoms with Gasteiger partial charge in [0, 0.05) is 17.3 Å². The van der Waals surface area contributed by atoms with Crippen molar-refractivity contribution >= 4 is 11.6 Å². The summed E-state index contributed by atoms with van der Waals surface area (Å²) < 4.78 is 18.0. The van der Waals surface area contributed by atoms with E-state index >= 15 is 0 Å². The first-order chi connectivity index (χ1) is 9.10. The van der Waals surface area contributed by atoms with Crippen molar-refractivity contribution in [2.24, 2.45) is 0 Å². The molecule has 0 heterocycles. The Balaban J connectivity index is 2.20. The maximum absolute atomic E-state index is 13.2. The molecule has 0 spiro atoms. The van der Waals surface area contributed by atoms with Crippen LogP contribution in [0.4, 0.5) is 10.1 Å². The van der Waals surface area contributed by atoms with Crippen molar-refractivity contribution in [3.8, 4) is 11.5 Å². The average Bonchev–Trinajstić information content (AvgIpc) is 2.39. The Bertz CT molecular complexity index is 613. The number of carbonyl (C=O) groups excluding carboxylic acids is 1. The van der Waals surface area contributed by atoms with Crippen LogP contribution in [0.2, 0.25) is 0 Å². The highest BCUT2D eigenvalue weighted by molar-refractivity contribution is 6.04. The summed E-state index contributed by atoms with van der Waals surface area (Å²) in [5.74, 6) is -0.890. The topological polar surface area (TPSA) is 58.6 Å². The fourth-order valence-corrected chi connectivity index (χ4v) is 1.59. The van der Waals surface area contributed by atoms with Crippen molar-refractivity contribution in [3.63, 3.8) is 0 Å². The molecule has 0 saturated carbocycles. The highest BCUT2D eigenvalue weighted by Gasteiger charge is 2.10. The number of hydrogen-bond donors (Lipinski definition) is 2. The van der Waals surface area contributed by atoms with Gasteiger partial charge in [-0.1, -0.05) is 6.07 Å². The number of carbonyl (C=O) groups is 1. The summed E-state index contributed by atoms with van der Waals surface area (Å²) in [6.45, 7) is 0. The van der Waals surface area contributed by atoms with Crippen molar-refractivity contribution in [2.75, 3.05) is 12.4 Å². The van der Waals surface area contributed by atoms with Crippen LogP contribution in [0.15, 0.2) is 42.5 Å². The molecule has 0 saturated heterocycles. The van der Waals surface area contributed by atoms with E-state index in [0.29, 0.717) is 5.69 Å². The van der Waals surface area contributed by atoms with Gasteiger partial charge in [0.25, 0.3) is 5.91 Å². The van der Waals surface area contributed by atoms with E-state index in [9.17, 15) is 14.3 Å². The maximum atomic E-state index is 13.2. The van der Waals surface area contributed by atoms with Gasteiger partial charge in [-0.2, -0.15) is 0 Å². The molecule has 0 aromatic heterocycles. The minimum absolute atomic E-state index is 0.00330. The number of amides is 1. The van der Waals surface area contributed by atoms with Crippen LogP contribution in [0, 0.1) is 5.82 Å². The number of aromatic hydroxyl groups is 1. The van der Waals surface area contributed by atoms with Gasteiger partial charge >= 0.3 is 0 Å². The normalized spacial score (nSPS) is 10.0. The van der Waals surface area contributed by atoms with Crippen LogP contribution in [0.1, 0.15) is 10.4 Å². The van der Waals surface area contributed by atoms with Crippen LogP contribution in [0.25, 0.3) is 0 Å². The van der Waals surface area contributed by atoms with E-state index in [0.717, 1.165) is 6.07 Å². The highest BCUT2D eigenvalue weighted by atomic mass is 19.1. The molecule has 0 bridgehead atoms. The Labute approximate surface area is 109 Å². The number of phenols is 1. The summed E-state index contributed by atoms with van der Waals surface area (Å²) in [4.78, 5) is 11.9. The monoisotopic (exact) mass is 261 g/mol. The number of hydrogen-bond acceptors (Lipinski definition) is 3. The molecular weight excluding hydrogens is 249 g/mol.